The summed E-state index contributed by atoms with van der Waals surface area (Å²) in [6.07, 6.45) is 0. The normalized spacial score (nSPS) is 12.5. The Bertz CT molecular complexity index is 327. The number of carboxylic acids is 1. The number of hydrogen-bond donors (Lipinski definition) is 2. The van der Waals surface area contributed by atoms with Gasteiger partial charge in [0.15, 0.2) is 0 Å². The maximum absolute atomic E-state index is 10.9. The third-order valence-electron chi connectivity index (χ3n) is 2.18. The van der Waals surface area contributed by atoms with E-state index in [0.29, 0.717) is 0 Å². The van der Waals surface area contributed by atoms with Crippen LogP contribution in [0.25, 0.3) is 0 Å². The average molecular weight is 193 g/mol. The van der Waals surface area contributed by atoms with Gasteiger partial charge in [-0.25, -0.2) is 0 Å². The molecule has 0 saturated heterocycles. The number of nitrogens with two attached hydrogens (primary N) is 1. The maximum atomic E-state index is 10.9. The van der Waals surface area contributed by atoms with E-state index in [1.807, 2.05) is 32.0 Å². The van der Waals surface area contributed by atoms with Gasteiger partial charge in [-0.3, -0.25) is 4.79 Å². The van der Waals surface area contributed by atoms with Crippen LogP contribution >= 0.6 is 0 Å². The van der Waals surface area contributed by atoms with Crippen molar-refractivity contribution in [2.24, 2.45) is 5.73 Å². The zero-order valence-corrected chi connectivity index (χ0v) is 8.45. The van der Waals surface area contributed by atoms with Gasteiger partial charge < -0.3 is 10.8 Å². The van der Waals surface area contributed by atoms with Crippen LogP contribution in [0, 0.1) is 13.8 Å². The zero-order valence-electron chi connectivity index (χ0n) is 8.45. The molecule has 1 atom stereocenters. The largest absolute Gasteiger partial charge is 0.481 e. The predicted molar refractivity (Wildman–Crippen MR) is 55.3 cm³/mol. The Morgan fingerprint density at radius 1 is 1.36 bits per heavy atom. The van der Waals surface area contributed by atoms with Crippen LogP contribution in [0.5, 0.6) is 0 Å². The number of hydrogen-bond acceptors (Lipinski definition) is 2. The molecule has 3 nitrogen and oxygen atoms in total. The number of benzene rings is 1. The molecule has 1 rings (SSSR count). The van der Waals surface area contributed by atoms with Gasteiger partial charge in [-0.1, -0.05) is 29.3 Å². The zero-order chi connectivity index (χ0) is 10.7. The molecule has 76 valence electrons. The third-order valence-corrected chi connectivity index (χ3v) is 2.18. The number of carbonyl (C=O) groups is 1. The van der Waals surface area contributed by atoms with E-state index in [4.69, 9.17) is 10.8 Å². The highest BCUT2D eigenvalue weighted by Gasteiger charge is 2.17. The van der Waals surface area contributed by atoms with Gasteiger partial charge in [0, 0.05) is 6.54 Å². The Morgan fingerprint density at radius 3 is 2.21 bits per heavy atom. The first-order valence-electron chi connectivity index (χ1n) is 4.55. The van der Waals surface area contributed by atoms with Crippen LogP contribution in [-0.2, 0) is 4.79 Å². The minimum Gasteiger partial charge on any atom is -0.481 e. The SMILES string of the molecule is Cc1cc(C)cc(C(CN)C(=O)O)c1. The Labute approximate surface area is 83.6 Å². The molecule has 0 aliphatic heterocycles. The molecule has 0 heterocycles. The molecule has 0 spiro atoms. The van der Waals surface area contributed by atoms with Gasteiger partial charge in [0.25, 0.3) is 0 Å². The van der Waals surface area contributed by atoms with E-state index in [1.165, 1.54) is 0 Å². The van der Waals surface area contributed by atoms with Gasteiger partial charge in [0.1, 0.15) is 0 Å². The van der Waals surface area contributed by atoms with Crippen LogP contribution in [0.3, 0.4) is 0 Å². The van der Waals surface area contributed by atoms with Crippen LogP contribution in [-0.4, -0.2) is 17.6 Å². The van der Waals surface area contributed by atoms with E-state index in [-0.39, 0.29) is 6.54 Å². The second-order valence-corrected chi connectivity index (χ2v) is 3.55. The molecule has 0 aliphatic rings. The molecular weight excluding hydrogens is 178 g/mol. The molecular formula is C11H15NO2. The van der Waals surface area contributed by atoms with Crippen LogP contribution in [0.2, 0.25) is 0 Å². The third kappa shape index (κ3) is 2.33. The first-order chi connectivity index (χ1) is 6.54. The van der Waals surface area contributed by atoms with E-state index < -0.39 is 11.9 Å². The molecule has 0 radical (unpaired) electrons. The van der Waals surface area contributed by atoms with Crippen molar-refractivity contribution in [1.29, 1.82) is 0 Å². The van der Waals surface area contributed by atoms with Crippen molar-refractivity contribution in [1.82, 2.24) is 0 Å². The molecule has 0 amide bonds. The van der Waals surface area contributed by atoms with Crippen molar-refractivity contribution in [2.75, 3.05) is 6.54 Å². The Morgan fingerprint density at radius 2 is 1.86 bits per heavy atom. The van der Waals surface area contributed by atoms with Crippen molar-refractivity contribution in [3.05, 3.63) is 34.9 Å². The summed E-state index contributed by atoms with van der Waals surface area (Å²) in [5, 5.41) is 8.93. The minimum atomic E-state index is -0.863. The highest BCUT2D eigenvalue weighted by Crippen LogP contribution is 2.18. The van der Waals surface area contributed by atoms with Crippen molar-refractivity contribution >= 4 is 5.97 Å². The Hall–Kier alpha value is -1.35. The Kier molecular flexibility index (Phi) is 3.25. The lowest BCUT2D eigenvalue weighted by atomic mass is 9.96. The van der Waals surface area contributed by atoms with E-state index in [2.05, 4.69) is 0 Å². The first-order valence-corrected chi connectivity index (χ1v) is 4.55. The van der Waals surface area contributed by atoms with Crippen LogP contribution in [0.15, 0.2) is 18.2 Å². The Balaban J connectivity index is 3.10. The number of aryl methyl sites for hydroxylation is 2. The predicted octanol–water partition coefficient (Wildman–Crippen LogP) is 1.43. The smallest absolute Gasteiger partial charge is 0.312 e. The molecule has 0 aromatic heterocycles. The van der Waals surface area contributed by atoms with Gasteiger partial charge in [0.2, 0.25) is 0 Å². The highest BCUT2D eigenvalue weighted by molar-refractivity contribution is 5.76. The summed E-state index contributed by atoms with van der Waals surface area (Å²) in [6.45, 7) is 4.04. The fraction of sp³-hybridized carbons (Fsp3) is 0.364. The quantitative estimate of drug-likeness (QED) is 0.763. The van der Waals surface area contributed by atoms with Gasteiger partial charge in [-0.15, -0.1) is 0 Å². The van der Waals surface area contributed by atoms with Gasteiger partial charge in [-0.05, 0) is 19.4 Å². The maximum Gasteiger partial charge on any atom is 0.312 e. The molecule has 14 heavy (non-hydrogen) atoms. The fourth-order valence-corrected chi connectivity index (χ4v) is 1.59. The lowest BCUT2D eigenvalue weighted by Gasteiger charge is -2.11. The topological polar surface area (TPSA) is 63.3 Å². The summed E-state index contributed by atoms with van der Waals surface area (Å²) < 4.78 is 0. The summed E-state index contributed by atoms with van der Waals surface area (Å²) in [6, 6.07) is 5.76. The molecule has 3 N–H and O–H groups in total. The van der Waals surface area contributed by atoms with E-state index in [0.717, 1.165) is 16.7 Å². The number of aliphatic carboxylic acids is 1. The molecule has 0 fully saturated rings. The van der Waals surface area contributed by atoms with E-state index in [9.17, 15) is 4.79 Å². The summed E-state index contributed by atoms with van der Waals surface area (Å²) in [4.78, 5) is 10.9. The van der Waals surface area contributed by atoms with Crippen molar-refractivity contribution < 1.29 is 9.90 Å². The number of rotatable bonds is 3. The van der Waals surface area contributed by atoms with E-state index >= 15 is 0 Å². The molecule has 0 bridgehead atoms. The standard InChI is InChI=1S/C11H15NO2/c1-7-3-8(2)5-9(4-7)10(6-12)11(13)14/h3-5,10H,6,12H2,1-2H3,(H,13,14). The number of carboxylic acid groups (broad SMARTS) is 1. The summed E-state index contributed by atoms with van der Waals surface area (Å²) in [7, 11) is 0. The first kappa shape index (κ1) is 10.7. The minimum absolute atomic E-state index is 0.137. The molecule has 0 aliphatic carbocycles. The molecule has 1 aromatic carbocycles. The van der Waals surface area contributed by atoms with Crippen LogP contribution in [0.1, 0.15) is 22.6 Å². The van der Waals surface area contributed by atoms with Crippen molar-refractivity contribution in [3.63, 3.8) is 0 Å². The second-order valence-electron chi connectivity index (χ2n) is 3.55. The van der Waals surface area contributed by atoms with Crippen LogP contribution < -0.4 is 5.73 Å². The van der Waals surface area contributed by atoms with Crippen LogP contribution in [0.4, 0.5) is 0 Å². The average Bonchev–Trinajstić information content (AvgIpc) is 2.02. The molecule has 1 unspecified atom stereocenters. The monoisotopic (exact) mass is 193 g/mol. The summed E-state index contributed by atoms with van der Waals surface area (Å²) in [5.74, 6) is -1.45. The van der Waals surface area contributed by atoms with E-state index in [1.54, 1.807) is 0 Å². The molecule has 0 saturated carbocycles. The second kappa shape index (κ2) is 4.24. The van der Waals surface area contributed by atoms with Gasteiger partial charge in [-0.2, -0.15) is 0 Å². The molecule has 1 aromatic rings. The summed E-state index contributed by atoms with van der Waals surface area (Å²) >= 11 is 0. The van der Waals surface area contributed by atoms with Gasteiger partial charge >= 0.3 is 5.97 Å². The van der Waals surface area contributed by atoms with Crippen molar-refractivity contribution in [2.45, 2.75) is 19.8 Å². The summed E-state index contributed by atoms with van der Waals surface area (Å²) in [5.41, 5.74) is 8.35. The van der Waals surface area contributed by atoms with Gasteiger partial charge in [0.05, 0.1) is 5.92 Å². The highest BCUT2D eigenvalue weighted by atomic mass is 16.4. The molecule has 3 heteroatoms. The fourth-order valence-electron chi connectivity index (χ4n) is 1.59. The lowest BCUT2D eigenvalue weighted by molar-refractivity contribution is -0.138. The lowest BCUT2D eigenvalue weighted by Crippen LogP contribution is -2.21. The van der Waals surface area contributed by atoms with Crippen molar-refractivity contribution in [3.8, 4) is 0 Å².